The zero-order valence-electron chi connectivity index (χ0n) is 15.1. The molecule has 0 N–H and O–H groups in total. The fourth-order valence-corrected chi connectivity index (χ4v) is 3.34. The summed E-state index contributed by atoms with van der Waals surface area (Å²) in [7, 11) is 0. The van der Waals surface area contributed by atoms with Gasteiger partial charge >= 0.3 is 6.18 Å². The van der Waals surface area contributed by atoms with Crippen LogP contribution in [-0.2, 0) is 6.18 Å². The first-order valence-corrected chi connectivity index (χ1v) is 9.09. The van der Waals surface area contributed by atoms with Crippen molar-refractivity contribution in [3.63, 3.8) is 0 Å². The third-order valence-electron chi connectivity index (χ3n) is 4.84. The summed E-state index contributed by atoms with van der Waals surface area (Å²) >= 11 is 0. The second-order valence-electron chi connectivity index (χ2n) is 6.77. The maximum absolute atomic E-state index is 12.6. The summed E-state index contributed by atoms with van der Waals surface area (Å²) < 4.78 is 43.6. The van der Waals surface area contributed by atoms with Gasteiger partial charge in [0.25, 0.3) is 0 Å². The quantitative estimate of drug-likeness (QED) is 0.600. The Labute approximate surface area is 161 Å². The lowest BCUT2D eigenvalue weighted by Crippen LogP contribution is -2.24. The van der Waals surface area contributed by atoms with Gasteiger partial charge in [-0.3, -0.25) is 0 Å². The molecular weight excluding hydrogens is 365 g/mol. The molecular formula is C22H19F3N2O. The molecule has 1 atom stereocenters. The predicted molar refractivity (Wildman–Crippen MR) is 102 cm³/mol. The van der Waals surface area contributed by atoms with E-state index < -0.39 is 11.7 Å². The molecule has 1 aliphatic rings. The lowest BCUT2D eigenvalue weighted by Gasteiger charge is -2.19. The van der Waals surface area contributed by atoms with Crippen LogP contribution in [0.1, 0.15) is 12.0 Å². The third kappa shape index (κ3) is 4.11. The van der Waals surface area contributed by atoms with Crippen LogP contribution < -0.4 is 9.64 Å². The summed E-state index contributed by atoms with van der Waals surface area (Å²) in [5.41, 5.74) is 2.66. The Hall–Kier alpha value is -3.02. The number of alkyl halides is 3. The van der Waals surface area contributed by atoms with Crippen LogP contribution in [0.5, 0.6) is 5.88 Å². The molecule has 1 saturated heterocycles. The number of aromatic nitrogens is 1. The Morgan fingerprint density at radius 2 is 1.61 bits per heavy atom. The van der Waals surface area contributed by atoms with E-state index in [1.54, 1.807) is 0 Å². The minimum Gasteiger partial charge on any atom is -0.472 e. The molecule has 1 aromatic heterocycles. The van der Waals surface area contributed by atoms with E-state index in [4.69, 9.17) is 4.74 Å². The summed E-state index contributed by atoms with van der Waals surface area (Å²) in [6.45, 7) is 1.50. The van der Waals surface area contributed by atoms with Crippen LogP contribution in [0.25, 0.3) is 11.1 Å². The molecule has 28 heavy (non-hydrogen) atoms. The lowest BCUT2D eigenvalue weighted by atomic mass is 10.1. The predicted octanol–water partition coefficient (Wildman–Crippen LogP) is 5.43. The van der Waals surface area contributed by atoms with Crippen LogP contribution in [0.2, 0.25) is 0 Å². The number of hydrogen-bond acceptors (Lipinski definition) is 3. The molecule has 3 aromatic rings. The fourth-order valence-electron chi connectivity index (χ4n) is 3.34. The topological polar surface area (TPSA) is 25.4 Å². The molecule has 1 fully saturated rings. The Balaban J connectivity index is 1.37. The molecule has 3 nitrogen and oxygen atoms in total. The van der Waals surface area contributed by atoms with E-state index in [1.807, 2.05) is 18.2 Å². The van der Waals surface area contributed by atoms with Gasteiger partial charge in [-0.15, -0.1) is 0 Å². The van der Waals surface area contributed by atoms with Crippen molar-refractivity contribution in [2.75, 3.05) is 18.0 Å². The van der Waals surface area contributed by atoms with Crippen molar-refractivity contribution in [1.29, 1.82) is 0 Å². The Kier molecular flexibility index (Phi) is 4.94. The van der Waals surface area contributed by atoms with E-state index in [0.29, 0.717) is 6.54 Å². The number of hydrogen-bond donors (Lipinski definition) is 0. The van der Waals surface area contributed by atoms with Gasteiger partial charge in [0, 0.05) is 30.9 Å². The fraction of sp³-hybridized carbons (Fsp3) is 0.227. The molecule has 0 amide bonds. The zero-order chi connectivity index (χ0) is 19.6. The second kappa shape index (κ2) is 7.54. The molecule has 6 heteroatoms. The Bertz CT molecular complexity index is 909. The van der Waals surface area contributed by atoms with E-state index >= 15 is 0 Å². The number of pyridine rings is 1. The van der Waals surface area contributed by atoms with E-state index in [-0.39, 0.29) is 12.0 Å². The average Bonchev–Trinajstić information content (AvgIpc) is 3.17. The van der Waals surface area contributed by atoms with E-state index in [0.717, 1.165) is 36.5 Å². The highest BCUT2D eigenvalue weighted by molar-refractivity contribution is 5.66. The third-order valence-corrected chi connectivity index (χ3v) is 4.84. The highest BCUT2D eigenvalue weighted by Gasteiger charge is 2.31. The molecule has 1 unspecified atom stereocenters. The monoisotopic (exact) mass is 384 g/mol. The van der Waals surface area contributed by atoms with Crippen LogP contribution >= 0.6 is 0 Å². The van der Waals surface area contributed by atoms with Crippen molar-refractivity contribution in [3.05, 3.63) is 78.5 Å². The van der Waals surface area contributed by atoms with Gasteiger partial charge in [0.2, 0.25) is 5.88 Å². The summed E-state index contributed by atoms with van der Waals surface area (Å²) in [5.74, 6) is 0.222. The van der Waals surface area contributed by atoms with Crippen molar-refractivity contribution in [2.45, 2.75) is 18.7 Å². The minimum atomic E-state index is -4.39. The minimum absolute atomic E-state index is 0.0990. The number of benzene rings is 2. The van der Waals surface area contributed by atoms with Gasteiger partial charge in [-0.05, 0) is 29.3 Å². The van der Waals surface area contributed by atoms with Crippen LogP contribution in [0.4, 0.5) is 18.9 Å². The standard InChI is InChI=1S/C22H19F3N2O/c23-22(24,25)18-8-11-21(26-14-18)28-20-12-13-27(15-20)19-9-6-17(7-10-19)16-4-2-1-3-5-16/h1-11,14,20H,12-13,15H2. The summed E-state index contributed by atoms with van der Waals surface area (Å²) in [6, 6.07) is 20.8. The number of anilines is 1. The smallest absolute Gasteiger partial charge is 0.417 e. The molecule has 0 radical (unpaired) electrons. The van der Waals surface area contributed by atoms with Crippen LogP contribution in [0.15, 0.2) is 72.9 Å². The molecule has 4 rings (SSSR count). The van der Waals surface area contributed by atoms with Gasteiger partial charge in [0.1, 0.15) is 6.10 Å². The van der Waals surface area contributed by atoms with Crippen molar-refractivity contribution >= 4 is 5.69 Å². The first kappa shape index (κ1) is 18.3. The number of halogens is 3. The molecule has 2 aromatic carbocycles. The normalized spacial score (nSPS) is 17.0. The summed E-state index contributed by atoms with van der Waals surface area (Å²) in [6.07, 6.45) is -2.88. The Morgan fingerprint density at radius 3 is 2.25 bits per heavy atom. The summed E-state index contributed by atoms with van der Waals surface area (Å²) in [5, 5.41) is 0. The molecule has 144 valence electrons. The average molecular weight is 384 g/mol. The van der Waals surface area contributed by atoms with Crippen molar-refractivity contribution in [1.82, 2.24) is 4.98 Å². The van der Waals surface area contributed by atoms with Gasteiger partial charge < -0.3 is 9.64 Å². The largest absolute Gasteiger partial charge is 0.472 e. The van der Waals surface area contributed by atoms with Crippen molar-refractivity contribution in [3.8, 4) is 17.0 Å². The zero-order valence-corrected chi connectivity index (χ0v) is 15.1. The first-order valence-electron chi connectivity index (χ1n) is 9.09. The molecule has 1 aliphatic heterocycles. The van der Waals surface area contributed by atoms with Crippen molar-refractivity contribution < 1.29 is 17.9 Å². The molecule has 0 aliphatic carbocycles. The van der Waals surface area contributed by atoms with Crippen LogP contribution in [-0.4, -0.2) is 24.2 Å². The molecule has 0 saturated carbocycles. The first-order chi connectivity index (χ1) is 13.5. The van der Waals surface area contributed by atoms with E-state index in [9.17, 15) is 13.2 Å². The highest BCUT2D eigenvalue weighted by atomic mass is 19.4. The van der Waals surface area contributed by atoms with Gasteiger partial charge in [0.15, 0.2) is 0 Å². The maximum atomic E-state index is 12.6. The number of rotatable bonds is 4. The molecule has 0 spiro atoms. The van der Waals surface area contributed by atoms with Gasteiger partial charge in [-0.1, -0.05) is 42.5 Å². The Morgan fingerprint density at radius 1 is 0.893 bits per heavy atom. The SMILES string of the molecule is FC(F)(F)c1ccc(OC2CCN(c3ccc(-c4ccccc4)cc3)C2)nc1. The number of nitrogens with zero attached hydrogens (tertiary/aromatic N) is 2. The van der Waals surface area contributed by atoms with Gasteiger partial charge in [-0.25, -0.2) is 4.98 Å². The van der Waals surface area contributed by atoms with Gasteiger partial charge in [0.05, 0.1) is 12.1 Å². The van der Waals surface area contributed by atoms with Gasteiger partial charge in [-0.2, -0.15) is 13.2 Å². The van der Waals surface area contributed by atoms with Crippen LogP contribution in [0.3, 0.4) is 0 Å². The molecule has 0 bridgehead atoms. The van der Waals surface area contributed by atoms with Crippen LogP contribution in [0, 0.1) is 0 Å². The second-order valence-corrected chi connectivity index (χ2v) is 6.77. The maximum Gasteiger partial charge on any atom is 0.417 e. The summed E-state index contributed by atoms with van der Waals surface area (Å²) in [4.78, 5) is 6.00. The van der Waals surface area contributed by atoms with E-state index in [2.05, 4.69) is 46.3 Å². The molecule has 2 heterocycles. The van der Waals surface area contributed by atoms with Crippen molar-refractivity contribution in [2.24, 2.45) is 0 Å². The number of ether oxygens (including phenoxy) is 1. The lowest BCUT2D eigenvalue weighted by molar-refractivity contribution is -0.137. The van der Waals surface area contributed by atoms with E-state index in [1.165, 1.54) is 11.6 Å². The highest BCUT2D eigenvalue weighted by Crippen LogP contribution is 2.30.